The monoisotopic (exact) mass is 274 g/mol. The minimum atomic E-state index is -1.67. The second-order valence-electron chi connectivity index (χ2n) is 5.38. The summed E-state index contributed by atoms with van der Waals surface area (Å²) < 4.78 is 5.13. The van der Waals surface area contributed by atoms with E-state index in [9.17, 15) is 14.7 Å². The zero-order valence-corrected chi connectivity index (χ0v) is 12.7. The number of hydrogen-bond donors (Lipinski definition) is 1. The van der Waals surface area contributed by atoms with Gasteiger partial charge in [0.15, 0.2) is 0 Å². The largest absolute Gasteiger partial charge is 0.550 e. The van der Waals surface area contributed by atoms with Gasteiger partial charge in [-0.3, -0.25) is 4.79 Å². The smallest absolute Gasteiger partial charge is 0.322 e. The summed E-state index contributed by atoms with van der Waals surface area (Å²) in [6.45, 7) is 8.57. The van der Waals surface area contributed by atoms with Crippen LogP contribution in [0.25, 0.3) is 0 Å². The zero-order valence-electron chi connectivity index (χ0n) is 11.7. The molecule has 0 bridgehead atoms. The summed E-state index contributed by atoms with van der Waals surface area (Å²) in [4.78, 5) is 25.5. The summed E-state index contributed by atoms with van der Waals surface area (Å²) in [6, 6.07) is -0.536. The molecule has 1 N–H and O–H groups in total. The Morgan fingerprint density at radius 2 is 1.94 bits per heavy atom. The van der Waals surface area contributed by atoms with Crippen LogP contribution in [0.15, 0.2) is 0 Å². The van der Waals surface area contributed by atoms with Gasteiger partial charge in [0.1, 0.15) is 14.3 Å². The molecule has 0 amide bonds. The minimum Gasteiger partial charge on any atom is -0.550 e. The van der Waals surface area contributed by atoms with E-state index >= 15 is 0 Å². The summed E-state index contributed by atoms with van der Waals surface area (Å²) in [6.07, 6.45) is 1.87. The van der Waals surface area contributed by atoms with Crippen LogP contribution in [0.1, 0.15) is 32.6 Å². The van der Waals surface area contributed by atoms with Crippen molar-refractivity contribution < 1.29 is 19.4 Å². The van der Waals surface area contributed by atoms with Crippen molar-refractivity contribution in [3.63, 3.8) is 0 Å². The summed E-state index contributed by atoms with van der Waals surface area (Å²) in [5, 5.41) is 10.5. The summed E-state index contributed by atoms with van der Waals surface area (Å²) >= 11 is 0. The normalized spacial score (nSPS) is 13.1. The number of carbonyl (C=O) groups excluding carboxylic acids is 2. The third kappa shape index (κ3) is 9.18. The zero-order chi connectivity index (χ0) is 14.2. The fourth-order valence-corrected chi connectivity index (χ4v) is 2.76. The number of esters is 1. The predicted molar refractivity (Wildman–Crippen MR) is 70.4 cm³/mol. The molecule has 0 heterocycles. The molecule has 0 saturated carbocycles. The van der Waals surface area contributed by atoms with Crippen LogP contribution in [0.5, 0.6) is 0 Å². The Kier molecular flexibility index (Phi) is 7.85. The predicted octanol–water partition coefficient (Wildman–Crippen LogP) is 0.653. The lowest BCUT2D eigenvalue weighted by Crippen LogP contribution is -2.52. The Morgan fingerprint density at radius 1 is 1.33 bits per heavy atom. The summed E-state index contributed by atoms with van der Waals surface area (Å²) in [5.74, 6) is -1.49. The maximum atomic E-state index is 11.8. The van der Waals surface area contributed by atoms with Crippen LogP contribution in [0.4, 0.5) is 0 Å². The molecule has 0 aliphatic carbocycles. The second-order valence-corrected chi connectivity index (χ2v) is 10.2. The molecule has 18 heavy (non-hydrogen) atoms. The molecule has 0 aromatic rings. The van der Waals surface area contributed by atoms with E-state index in [1.165, 1.54) is 0 Å². The van der Waals surface area contributed by atoms with Gasteiger partial charge in [0, 0.05) is 5.97 Å². The number of carbonyl (C=O) groups is 2. The van der Waals surface area contributed by atoms with Crippen LogP contribution in [0.3, 0.4) is 0 Å². The molecule has 0 aromatic carbocycles. The highest BCUT2D eigenvalue weighted by Gasteiger charge is 2.25. The fourth-order valence-electron chi connectivity index (χ4n) is 1.45. The lowest BCUT2D eigenvalue weighted by atomic mass is 10.2. The Hall–Kier alpha value is -0.883. The first-order chi connectivity index (χ1) is 8.26. The molecule has 0 aliphatic rings. The summed E-state index contributed by atoms with van der Waals surface area (Å²) in [5.41, 5.74) is 0. The van der Waals surface area contributed by atoms with Gasteiger partial charge >= 0.3 is 5.97 Å². The van der Waals surface area contributed by atoms with Crippen LogP contribution in [-0.4, -0.2) is 32.8 Å². The lowest BCUT2D eigenvalue weighted by molar-refractivity contribution is -0.305. The van der Waals surface area contributed by atoms with Crippen LogP contribution in [0.2, 0.25) is 19.6 Å². The number of rotatable bonds is 9. The average Bonchev–Trinajstić information content (AvgIpc) is 2.22. The number of hydrogen-bond acceptors (Lipinski definition) is 5. The van der Waals surface area contributed by atoms with Crippen LogP contribution >= 0.6 is 0 Å². The number of carboxylic acids is 1. The van der Waals surface area contributed by atoms with Crippen molar-refractivity contribution in [2.75, 3.05) is 6.61 Å². The van der Waals surface area contributed by atoms with E-state index in [2.05, 4.69) is 24.6 Å². The van der Waals surface area contributed by atoms with Gasteiger partial charge in [-0.2, -0.15) is 0 Å². The van der Waals surface area contributed by atoms with Crippen molar-refractivity contribution in [1.29, 1.82) is 0 Å². The van der Waals surface area contributed by atoms with E-state index in [1.54, 1.807) is 0 Å². The van der Waals surface area contributed by atoms with Gasteiger partial charge < -0.3 is 19.6 Å². The van der Waals surface area contributed by atoms with Crippen LogP contribution in [0, 0.1) is 0 Å². The topological polar surface area (TPSA) is 78.5 Å². The molecule has 6 heteroatoms. The SMILES string of the molecule is CCCCOC(=O)[C@H](CCC(=O)[O-])N[Si](C)(C)C. The lowest BCUT2D eigenvalue weighted by Gasteiger charge is -2.26. The van der Waals surface area contributed by atoms with E-state index in [0.717, 1.165) is 12.8 Å². The molecule has 0 saturated heterocycles. The summed E-state index contributed by atoms with van der Waals surface area (Å²) in [7, 11) is -1.67. The minimum absolute atomic E-state index is 0.134. The van der Waals surface area contributed by atoms with Gasteiger partial charge in [-0.15, -0.1) is 0 Å². The number of unbranched alkanes of at least 4 members (excludes halogenated alkanes) is 1. The van der Waals surface area contributed by atoms with Gasteiger partial charge in [0.25, 0.3) is 0 Å². The van der Waals surface area contributed by atoms with Gasteiger partial charge in [0.05, 0.1) is 6.61 Å². The highest BCUT2D eigenvalue weighted by atomic mass is 28.3. The molecular formula is C12H24NO4Si-. The first kappa shape index (κ1) is 17.1. The van der Waals surface area contributed by atoms with Gasteiger partial charge in [0.2, 0.25) is 0 Å². The molecule has 1 atom stereocenters. The van der Waals surface area contributed by atoms with Gasteiger partial charge in [-0.05, 0) is 19.3 Å². The quantitative estimate of drug-likeness (QED) is 0.379. The number of nitrogens with one attached hydrogen (secondary N) is 1. The molecule has 0 spiro atoms. The van der Waals surface area contributed by atoms with Crippen molar-refractivity contribution in [2.24, 2.45) is 0 Å². The van der Waals surface area contributed by atoms with E-state index in [4.69, 9.17) is 4.74 Å². The van der Waals surface area contributed by atoms with E-state index in [0.29, 0.717) is 6.61 Å². The Balaban J connectivity index is 4.34. The van der Waals surface area contributed by atoms with E-state index in [-0.39, 0.29) is 18.8 Å². The Labute approximate surface area is 110 Å². The number of aliphatic carboxylic acids is 1. The third-order valence-electron chi connectivity index (χ3n) is 2.27. The first-order valence-electron chi connectivity index (χ1n) is 6.40. The molecule has 0 radical (unpaired) electrons. The molecule has 5 nitrogen and oxygen atoms in total. The van der Waals surface area contributed by atoms with Gasteiger partial charge in [-0.25, -0.2) is 0 Å². The van der Waals surface area contributed by atoms with Crippen LogP contribution < -0.4 is 10.1 Å². The molecular weight excluding hydrogens is 250 g/mol. The number of ether oxygens (including phenoxy) is 1. The first-order valence-corrected chi connectivity index (χ1v) is 9.90. The molecule has 0 unspecified atom stereocenters. The molecule has 0 aliphatic heterocycles. The molecule has 0 fully saturated rings. The fraction of sp³-hybridized carbons (Fsp3) is 0.833. The van der Waals surface area contributed by atoms with E-state index < -0.39 is 20.2 Å². The van der Waals surface area contributed by atoms with Crippen molar-refractivity contribution in [3.05, 3.63) is 0 Å². The number of carboxylic acid groups (broad SMARTS) is 1. The standard InChI is InChI=1S/C12H25NO4Si/c1-5-6-9-17-12(16)10(7-8-11(14)15)13-18(2,3)4/h10,13H,5-9H2,1-4H3,(H,14,15)/p-1/t10-/m0/s1. The van der Waals surface area contributed by atoms with Crippen molar-refractivity contribution in [3.8, 4) is 0 Å². The second kappa shape index (κ2) is 8.26. The van der Waals surface area contributed by atoms with Gasteiger partial charge in [-0.1, -0.05) is 33.0 Å². The third-order valence-corrected chi connectivity index (χ3v) is 3.49. The molecule has 0 aromatic heterocycles. The average molecular weight is 274 g/mol. The molecule has 106 valence electrons. The maximum absolute atomic E-state index is 11.8. The Bertz CT molecular complexity index is 276. The van der Waals surface area contributed by atoms with Crippen molar-refractivity contribution in [2.45, 2.75) is 58.3 Å². The van der Waals surface area contributed by atoms with E-state index in [1.807, 2.05) is 6.92 Å². The van der Waals surface area contributed by atoms with Crippen LogP contribution in [-0.2, 0) is 14.3 Å². The molecule has 0 rings (SSSR count). The Morgan fingerprint density at radius 3 is 2.39 bits per heavy atom. The highest BCUT2D eigenvalue weighted by molar-refractivity contribution is 6.73. The highest BCUT2D eigenvalue weighted by Crippen LogP contribution is 2.06. The maximum Gasteiger partial charge on any atom is 0.322 e. The van der Waals surface area contributed by atoms with Crippen molar-refractivity contribution in [1.82, 2.24) is 4.98 Å². The van der Waals surface area contributed by atoms with Crippen molar-refractivity contribution >= 4 is 20.2 Å².